The van der Waals surface area contributed by atoms with E-state index in [1.807, 2.05) is 0 Å². The van der Waals surface area contributed by atoms with Crippen molar-refractivity contribution in [3.05, 3.63) is 0 Å². The van der Waals surface area contributed by atoms with Crippen molar-refractivity contribution < 1.29 is 39.5 Å². The summed E-state index contributed by atoms with van der Waals surface area (Å²) in [6.45, 7) is 1.58. The Labute approximate surface area is 155 Å². The molecule has 26 heavy (non-hydrogen) atoms. The van der Waals surface area contributed by atoms with Crippen molar-refractivity contribution in [2.45, 2.75) is 50.0 Å². The molecule has 1 fully saturated rings. The number of aliphatic carboxylic acids is 1. The summed E-state index contributed by atoms with van der Waals surface area (Å²) in [5.74, 6) is -3.59. The minimum absolute atomic E-state index is 0.105. The fraction of sp³-hybridized carbons (Fsp3) is 0.800. The van der Waals surface area contributed by atoms with Gasteiger partial charge in [-0.3, -0.25) is 9.59 Å². The number of carboxylic acids is 1. The van der Waals surface area contributed by atoms with E-state index in [-0.39, 0.29) is 18.0 Å². The van der Waals surface area contributed by atoms with Gasteiger partial charge < -0.3 is 35.8 Å². The highest BCUT2D eigenvalue weighted by Crippen LogP contribution is 2.28. The maximum atomic E-state index is 12.6. The summed E-state index contributed by atoms with van der Waals surface area (Å²) in [7, 11) is 1.56. The van der Waals surface area contributed by atoms with Crippen LogP contribution in [0.3, 0.4) is 0 Å². The monoisotopic (exact) mass is 394 g/mol. The molecule has 1 aliphatic rings. The van der Waals surface area contributed by atoms with E-state index in [0.717, 1.165) is 0 Å². The Hall–Kier alpha value is -1.24. The Kier molecular flexibility index (Phi) is 8.93. The number of carbonyl (C=O) groups excluding carboxylic acids is 2. The first-order valence-electron chi connectivity index (χ1n) is 8.05. The summed E-state index contributed by atoms with van der Waals surface area (Å²) < 4.78 is 5.05. The van der Waals surface area contributed by atoms with Gasteiger partial charge in [0.25, 0.3) is 0 Å². The lowest BCUT2D eigenvalue weighted by Crippen LogP contribution is -2.51. The summed E-state index contributed by atoms with van der Waals surface area (Å²) in [6.07, 6.45) is -4.97. The number of amides is 1. The van der Waals surface area contributed by atoms with Crippen LogP contribution in [-0.2, 0) is 19.1 Å². The molecule has 0 aliphatic carbocycles. The number of aliphatic hydroxyl groups is 3. The fourth-order valence-electron chi connectivity index (χ4n) is 2.55. The number of ether oxygens (including phenoxy) is 1. The normalized spacial score (nSPS) is 29.0. The zero-order valence-corrected chi connectivity index (χ0v) is 15.6. The molecule has 7 atom stereocenters. The summed E-state index contributed by atoms with van der Waals surface area (Å²) in [6, 6.07) is -1.77. The number of carbonyl (C=O) groups is 3. The van der Waals surface area contributed by atoms with Crippen molar-refractivity contribution in [2.24, 2.45) is 5.92 Å². The third-order valence-electron chi connectivity index (χ3n) is 4.29. The first-order valence-corrected chi connectivity index (χ1v) is 9.45. The predicted molar refractivity (Wildman–Crippen MR) is 92.5 cm³/mol. The average Bonchev–Trinajstić information content (AvgIpc) is 2.85. The lowest BCUT2D eigenvalue weighted by Gasteiger charge is -2.26. The molecule has 1 aliphatic heterocycles. The van der Waals surface area contributed by atoms with Crippen LogP contribution in [0, 0.1) is 5.92 Å². The topological polar surface area (TPSA) is 165 Å². The quantitative estimate of drug-likeness (QED) is 0.234. The fourth-order valence-corrected chi connectivity index (χ4v) is 3.11. The number of likely N-dealkylation sites (N-methyl/N-ethyl adjacent to an activating group) is 1. The van der Waals surface area contributed by atoms with Crippen molar-refractivity contribution in [3.8, 4) is 0 Å². The number of ketones is 1. The lowest BCUT2D eigenvalue weighted by molar-refractivity contribution is -0.153. The molecule has 10 nitrogen and oxygen atoms in total. The van der Waals surface area contributed by atoms with Gasteiger partial charge in [-0.2, -0.15) is 11.8 Å². The molecule has 0 bridgehead atoms. The Morgan fingerprint density at radius 2 is 1.81 bits per heavy atom. The van der Waals surface area contributed by atoms with E-state index in [0.29, 0.717) is 0 Å². The van der Waals surface area contributed by atoms with Gasteiger partial charge in [0.1, 0.15) is 30.1 Å². The molecule has 1 heterocycles. The van der Waals surface area contributed by atoms with E-state index in [2.05, 4.69) is 10.6 Å². The van der Waals surface area contributed by atoms with E-state index >= 15 is 0 Å². The molecule has 1 saturated heterocycles. The van der Waals surface area contributed by atoms with E-state index in [9.17, 15) is 34.8 Å². The smallest absolute Gasteiger partial charge is 0.327 e. The van der Waals surface area contributed by atoms with Gasteiger partial charge in [0, 0.05) is 12.2 Å². The molecular weight excluding hydrogens is 368 g/mol. The van der Waals surface area contributed by atoms with Gasteiger partial charge >= 0.3 is 5.97 Å². The molecule has 0 radical (unpaired) electrons. The number of hydrogen-bond acceptors (Lipinski definition) is 9. The van der Waals surface area contributed by atoms with Gasteiger partial charge in [-0.15, -0.1) is 0 Å². The van der Waals surface area contributed by atoms with Crippen LogP contribution < -0.4 is 10.6 Å². The van der Waals surface area contributed by atoms with Crippen LogP contribution >= 0.6 is 11.8 Å². The first kappa shape index (κ1) is 22.8. The molecule has 6 N–H and O–H groups in total. The standard InChI is InChI=1S/C15H26N2O8S/c1-6(16-2)9(18)4-7(12-10(19)11(20)15(24)25-12)13(21)17-8(5-26-3)14(22)23/h6-8,10-12,15-16,19-20,24H,4-5H2,1-3H3,(H,17,21)(H,22,23)/t6-,7+,8-,10+,11+,12?,15-/m0/s1. The Morgan fingerprint density at radius 1 is 1.19 bits per heavy atom. The van der Waals surface area contributed by atoms with Crippen LogP contribution in [0.5, 0.6) is 0 Å². The molecule has 11 heteroatoms. The van der Waals surface area contributed by atoms with Crippen LogP contribution in [0.2, 0.25) is 0 Å². The zero-order chi connectivity index (χ0) is 20.0. The van der Waals surface area contributed by atoms with Crippen molar-refractivity contribution in [1.82, 2.24) is 10.6 Å². The second-order valence-electron chi connectivity index (χ2n) is 6.11. The summed E-state index contributed by atoms with van der Waals surface area (Å²) in [4.78, 5) is 36.1. The van der Waals surface area contributed by atoms with E-state index < -0.39 is 54.5 Å². The minimum Gasteiger partial charge on any atom is -0.480 e. The van der Waals surface area contributed by atoms with Gasteiger partial charge in [-0.05, 0) is 20.2 Å². The number of rotatable bonds is 10. The number of carboxylic acid groups (broad SMARTS) is 1. The second kappa shape index (κ2) is 10.2. The molecule has 0 aromatic heterocycles. The third kappa shape index (κ3) is 5.63. The summed E-state index contributed by atoms with van der Waals surface area (Å²) >= 11 is 1.21. The van der Waals surface area contributed by atoms with Gasteiger partial charge in [-0.1, -0.05) is 0 Å². The molecule has 1 unspecified atom stereocenters. The van der Waals surface area contributed by atoms with Crippen molar-refractivity contribution in [2.75, 3.05) is 19.1 Å². The lowest BCUT2D eigenvalue weighted by atomic mass is 9.89. The minimum atomic E-state index is -1.71. The maximum absolute atomic E-state index is 12.6. The highest BCUT2D eigenvalue weighted by molar-refractivity contribution is 7.98. The van der Waals surface area contributed by atoms with Gasteiger partial charge in [-0.25, -0.2) is 4.79 Å². The van der Waals surface area contributed by atoms with Crippen molar-refractivity contribution in [1.29, 1.82) is 0 Å². The largest absolute Gasteiger partial charge is 0.480 e. The molecule has 0 saturated carbocycles. The van der Waals surface area contributed by atoms with E-state index in [1.165, 1.54) is 11.8 Å². The van der Waals surface area contributed by atoms with Gasteiger partial charge in [0.2, 0.25) is 5.91 Å². The molecule has 0 aromatic rings. The van der Waals surface area contributed by atoms with Crippen LogP contribution in [0.25, 0.3) is 0 Å². The first-order chi connectivity index (χ1) is 12.1. The van der Waals surface area contributed by atoms with Gasteiger partial charge in [0.15, 0.2) is 6.29 Å². The highest BCUT2D eigenvalue weighted by atomic mass is 32.2. The van der Waals surface area contributed by atoms with Crippen LogP contribution in [0.15, 0.2) is 0 Å². The average molecular weight is 394 g/mol. The Morgan fingerprint density at radius 3 is 2.23 bits per heavy atom. The maximum Gasteiger partial charge on any atom is 0.327 e. The zero-order valence-electron chi connectivity index (χ0n) is 14.8. The Bertz CT molecular complexity index is 520. The molecule has 150 valence electrons. The number of hydrogen-bond donors (Lipinski definition) is 6. The summed E-state index contributed by atoms with van der Waals surface area (Å²) in [5.41, 5.74) is 0. The van der Waals surface area contributed by atoms with E-state index in [1.54, 1.807) is 20.2 Å². The molecule has 0 spiro atoms. The van der Waals surface area contributed by atoms with Crippen molar-refractivity contribution >= 4 is 29.4 Å². The molecule has 0 aromatic carbocycles. The molecular formula is C15H26N2O8S. The molecule has 1 rings (SSSR count). The number of aliphatic hydroxyl groups excluding tert-OH is 3. The highest BCUT2D eigenvalue weighted by Gasteiger charge is 2.48. The van der Waals surface area contributed by atoms with E-state index in [4.69, 9.17) is 4.74 Å². The number of thioether (sulfide) groups is 1. The number of nitrogens with one attached hydrogen (secondary N) is 2. The number of Topliss-reactive ketones (excluding diaryl/α,β-unsaturated/α-hetero) is 1. The Balaban J connectivity index is 3.01. The van der Waals surface area contributed by atoms with Crippen LogP contribution in [-0.4, -0.2) is 93.8 Å². The van der Waals surface area contributed by atoms with Gasteiger partial charge in [0.05, 0.1) is 12.0 Å². The SMILES string of the molecule is CN[C@@H](C)C(=O)C[C@@H](C(=O)N[C@@H](CSC)C(=O)O)C1O[C@H](O)[C@H](O)[C@H]1O. The third-order valence-corrected chi connectivity index (χ3v) is 4.96. The van der Waals surface area contributed by atoms with Crippen molar-refractivity contribution in [3.63, 3.8) is 0 Å². The second-order valence-corrected chi connectivity index (χ2v) is 7.03. The predicted octanol–water partition coefficient (Wildman–Crippen LogP) is -2.46. The summed E-state index contributed by atoms with van der Waals surface area (Å²) in [5, 5.41) is 43.5. The molecule has 1 amide bonds. The van der Waals surface area contributed by atoms with Crippen LogP contribution in [0.4, 0.5) is 0 Å². The van der Waals surface area contributed by atoms with Crippen LogP contribution in [0.1, 0.15) is 13.3 Å².